The highest BCUT2D eigenvalue weighted by molar-refractivity contribution is 9.10. The van der Waals surface area contributed by atoms with Crippen molar-refractivity contribution in [1.29, 1.82) is 0 Å². The summed E-state index contributed by atoms with van der Waals surface area (Å²) in [7, 11) is 1.62. The number of hydrogen-bond donors (Lipinski definition) is 1. The van der Waals surface area contributed by atoms with Crippen LogP contribution in [0.4, 0.5) is 0 Å². The smallest absolute Gasteiger partial charge is 0.222 e. The second kappa shape index (κ2) is 7.80. The van der Waals surface area contributed by atoms with Crippen molar-refractivity contribution in [3.63, 3.8) is 0 Å². The molecular weight excluding hydrogens is 334 g/mol. The Bertz CT molecular complexity index is 483. The normalized spacial score (nSPS) is 11.3. The van der Waals surface area contributed by atoms with Crippen LogP contribution in [0, 0.1) is 0 Å². The molecule has 1 amide bonds. The summed E-state index contributed by atoms with van der Waals surface area (Å²) in [5.41, 5.74) is 0.213. The van der Waals surface area contributed by atoms with Crippen molar-refractivity contribution in [2.75, 3.05) is 20.2 Å². The van der Waals surface area contributed by atoms with E-state index >= 15 is 0 Å². The third-order valence-corrected chi connectivity index (χ3v) is 3.78. The number of ether oxygens (including phenoxy) is 1. The van der Waals surface area contributed by atoms with Gasteiger partial charge in [-0.15, -0.1) is 0 Å². The maximum absolute atomic E-state index is 12.2. The fourth-order valence-corrected chi connectivity index (χ4v) is 2.71. The zero-order chi connectivity index (χ0) is 16.0. The average molecular weight is 358 g/mol. The van der Waals surface area contributed by atoms with E-state index < -0.39 is 5.60 Å². The van der Waals surface area contributed by atoms with Gasteiger partial charge in [0.2, 0.25) is 5.91 Å². The molecule has 0 saturated carbocycles. The first-order chi connectivity index (χ1) is 9.76. The number of halogens is 1. The van der Waals surface area contributed by atoms with Crippen LogP contribution in [0.5, 0.6) is 5.75 Å². The van der Waals surface area contributed by atoms with E-state index in [0.29, 0.717) is 25.9 Å². The Morgan fingerprint density at radius 1 is 1.43 bits per heavy atom. The molecule has 0 aliphatic carbocycles. The van der Waals surface area contributed by atoms with E-state index in [9.17, 15) is 9.90 Å². The van der Waals surface area contributed by atoms with Gasteiger partial charge in [0.05, 0.1) is 17.2 Å². The minimum absolute atomic E-state index is 0.0616. The fraction of sp³-hybridized carbons (Fsp3) is 0.562. The van der Waals surface area contributed by atoms with E-state index in [-0.39, 0.29) is 5.91 Å². The number of carbonyl (C=O) groups is 1. The zero-order valence-corrected chi connectivity index (χ0v) is 14.7. The van der Waals surface area contributed by atoms with Gasteiger partial charge in [-0.05, 0) is 60.8 Å². The second-order valence-corrected chi connectivity index (χ2v) is 6.54. The summed E-state index contributed by atoms with van der Waals surface area (Å²) >= 11 is 3.44. The van der Waals surface area contributed by atoms with Gasteiger partial charge in [-0.2, -0.15) is 0 Å². The highest BCUT2D eigenvalue weighted by atomic mass is 79.9. The van der Waals surface area contributed by atoms with Gasteiger partial charge in [0.15, 0.2) is 0 Å². The molecule has 1 aromatic rings. The molecule has 0 heterocycles. The van der Waals surface area contributed by atoms with Crippen LogP contribution in [-0.2, 0) is 11.2 Å². The van der Waals surface area contributed by atoms with Gasteiger partial charge < -0.3 is 14.7 Å². The van der Waals surface area contributed by atoms with Gasteiger partial charge in [-0.1, -0.05) is 6.07 Å². The van der Waals surface area contributed by atoms with Crippen LogP contribution < -0.4 is 4.74 Å². The summed E-state index contributed by atoms with van der Waals surface area (Å²) < 4.78 is 6.07. The summed E-state index contributed by atoms with van der Waals surface area (Å²) in [6, 6.07) is 5.82. The van der Waals surface area contributed by atoms with Crippen molar-refractivity contribution in [3.8, 4) is 5.75 Å². The quantitative estimate of drug-likeness (QED) is 0.815. The van der Waals surface area contributed by atoms with Gasteiger partial charge >= 0.3 is 0 Å². The van der Waals surface area contributed by atoms with Crippen LogP contribution in [0.2, 0.25) is 0 Å². The van der Waals surface area contributed by atoms with Crippen LogP contribution >= 0.6 is 15.9 Å². The Kier molecular flexibility index (Phi) is 6.68. The predicted molar refractivity (Wildman–Crippen MR) is 87.6 cm³/mol. The fourth-order valence-electron chi connectivity index (χ4n) is 2.12. The van der Waals surface area contributed by atoms with Gasteiger partial charge in [-0.25, -0.2) is 0 Å². The lowest BCUT2D eigenvalue weighted by molar-refractivity contribution is -0.133. The number of carbonyl (C=O) groups excluding carboxylic acids is 1. The molecule has 0 spiro atoms. The van der Waals surface area contributed by atoms with Crippen LogP contribution in [0.3, 0.4) is 0 Å². The van der Waals surface area contributed by atoms with Crippen LogP contribution in [0.25, 0.3) is 0 Å². The number of hydrogen-bond acceptors (Lipinski definition) is 3. The Labute approximate surface area is 135 Å². The maximum Gasteiger partial charge on any atom is 0.222 e. The lowest BCUT2D eigenvalue weighted by Crippen LogP contribution is -2.42. The lowest BCUT2D eigenvalue weighted by atomic mass is 10.1. The van der Waals surface area contributed by atoms with E-state index in [2.05, 4.69) is 15.9 Å². The average Bonchev–Trinajstić information content (AvgIpc) is 2.41. The molecule has 118 valence electrons. The molecule has 0 atom stereocenters. The molecule has 0 aliphatic rings. The van der Waals surface area contributed by atoms with E-state index in [1.807, 2.05) is 25.1 Å². The topological polar surface area (TPSA) is 49.8 Å². The highest BCUT2D eigenvalue weighted by Crippen LogP contribution is 2.26. The molecule has 21 heavy (non-hydrogen) atoms. The Hall–Kier alpha value is -1.07. The van der Waals surface area contributed by atoms with E-state index in [4.69, 9.17) is 4.74 Å². The van der Waals surface area contributed by atoms with Gasteiger partial charge in [0.25, 0.3) is 0 Å². The predicted octanol–water partition coefficient (Wildman–Crippen LogP) is 3.01. The first-order valence-corrected chi connectivity index (χ1v) is 7.88. The molecule has 0 radical (unpaired) electrons. The minimum Gasteiger partial charge on any atom is -0.496 e. The monoisotopic (exact) mass is 357 g/mol. The van der Waals surface area contributed by atoms with E-state index in [1.54, 1.807) is 25.9 Å². The lowest BCUT2D eigenvalue weighted by Gasteiger charge is -2.28. The van der Waals surface area contributed by atoms with E-state index in [1.165, 1.54) is 0 Å². The standard InChI is InChI=1S/C16H24BrNO3/c1-5-18(11-16(2,3)20)15(19)9-7-12-6-8-14(21-4)13(17)10-12/h6,8,10,20H,5,7,9,11H2,1-4H3. The number of methoxy groups -OCH3 is 1. The molecule has 1 rings (SSSR count). The third kappa shape index (κ3) is 6.06. The first kappa shape index (κ1) is 18.0. The molecule has 0 unspecified atom stereocenters. The molecule has 0 saturated heterocycles. The number of aryl methyl sites for hydroxylation is 1. The highest BCUT2D eigenvalue weighted by Gasteiger charge is 2.20. The maximum atomic E-state index is 12.2. The van der Waals surface area contributed by atoms with Crippen LogP contribution in [0.15, 0.2) is 22.7 Å². The van der Waals surface area contributed by atoms with Gasteiger partial charge in [-0.3, -0.25) is 4.79 Å². The van der Waals surface area contributed by atoms with Crippen molar-refractivity contribution >= 4 is 21.8 Å². The van der Waals surface area contributed by atoms with Gasteiger partial charge in [0, 0.05) is 19.5 Å². The summed E-state index contributed by atoms with van der Waals surface area (Å²) in [4.78, 5) is 13.9. The molecule has 5 heteroatoms. The van der Waals surface area contributed by atoms with E-state index in [0.717, 1.165) is 15.8 Å². The SMILES string of the molecule is CCN(CC(C)(C)O)C(=O)CCc1ccc(OC)c(Br)c1. The zero-order valence-electron chi connectivity index (χ0n) is 13.1. The van der Waals surface area contributed by atoms with Crippen molar-refractivity contribution in [3.05, 3.63) is 28.2 Å². The molecule has 1 aromatic carbocycles. The summed E-state index contributed by atoms with van der Waals surface area (Å²) in [5, 5.41) is 9.83. The van der Waals surface area contributed by atoms with Crippen molar-refractivity contribution in [2.24, 2.45) is 0 Å². The molecular formula is C16H24BrNO3. The molecule has 0 bridgehead atoms. The Balaban J connectivity index is 2.61. The molecule has 0 aromatic heterocycles. The van der Waals surface area contributed by atoms with Gasteiger partial charge in [0.1, 0.15) is 5.75 Å². The Morgan fingerprint density at radius 3 is 2.57 bits per heavy atom. The summed E-state index contributed by atoms with van der Waals surface area (Å²) in [5.74, 6) is 0.842. The number of likely N-dealkylation sites (N-methyl/N-ethyl adjacent to an activating group) is 1. The second-order valence-electron chi connectivity index (χ2n) is 5.69. The number of benzene rings is 1. The number of rotatable bonds is 7. The summed E-state index contributed by atoms with van der Waals surface area (Å²) in [6.07, 6.45) is 1.10. The molecule has 1 N–H and O–H groups in total. The molecule has 0 fully saturated rings. The summed E-state index contributed by atoms with van der Waals surface area (Å²) in [6.45, 7) is 6.31. The minimum atomic E-state index is -0.866. The Morgan fingerprint density at radius 2 is 2.10 bits per heavy atom. The first-order valence-electron chi connectivity index (χ1n) is 7.09. The largest absolute Gasteiger partial charge is 0.496 e. The molecule has 0 aliphatic heterocycles. The number of amides is 1. The van der Waals surface area contributed by atoms with Crippen LogP contribution in [-0.4, -0.2) is 41.7 Å². The van der Waals surface area contributed by atoms with Crippen molar-refractivity contribution < 1.29 is 14.6 Å². The van der Waals surface area contributed by atoms with Crippen LogP contribution in [0.1, 0.15) is 32.8 Å². The number of aliphatic hydroxyl groups is 1. The van der Waals surface area contributed by atoms with Crippen molar-refractivity contribution in [2.45, 2.75) is 39.2 Å². The molecule has 4 nitrogen and oxygen atoms in total. The third-order valence-electron chi connectivity index (χ3n) is 3.16. The van der Waals surface area contributed by atoms with Crippen molar-refractivity contribution in [1.82, 2.24) is 4.90 Å². The number of nitrogens with zero attached hydrogens (tertiary/aromatic N) is 1.